The summed E-state index contributed by atoms with van der Waals surface area (Å²) in [5.41, 5.74) is 9.53. The van der Waals surface area contributed by atoms with Crippen molar-refractivity contribution < 1.29 is 14.3 Å². The lowest BCUT2D eigenvalue weighted by atomic mass is 9.76. The highest BCUT2D eigenvalue weighted by atomic mass is 35.5. The summed E-state index contributed by atoms with van der Waals surface area (Å²) in [7, 11) is 3.30. The smallest absolute Gasteiger partial charge is 0.180 e. The lowest BCUT2D eigenvalue weighted by Crippen LogP contribution is -2.36. The molecule has 1 atom stereocenters. The van der Waals surface area contributed by atoms with E-state index in [-0.39, 0.29) is 12.4 Å². The lowest BCUT2D eigenvalue weighted by molar-refractivity contribution is -0.116. The van der Waals surface area contributed by atoms with E-state index < -0.39 is 5.92 Å². The second-order valence-corrected chi connectivity index (χ2v) is 8.77. The molecule has 33 heavy (non-hydrogen) atoms. The molecule has 0 aromatic heterocycles. The van der Waals surface area contributed by atoms with Crippen molar-refractivity contribution in [1.82, 2.24) is 4.90 Å². The minimum atomic E-state index is -0.613. The minimum absolute atomic E-state index is 0.0162. The number of methoxy groups -OCH3 is 1. The first-order chi connectivity index (χ1) is 15.9. The van der Waals surface area contributed by atoms with Gasteiger partial charge in [0.25, 0.3) is 0 Å². The van der Waals surface area contributed by atoms with E-state index in [0.717, 1.165) is 24.1 Å². The molecule has 0 saturated carbocycles. The van der Waals surface area contributed by atoms with E-state index in [1.807, 2.05) is 18.2 Å². The number of allylic oxidation sites excluding steroid dienone is 3. The molecule has 8 heteroatoms. The molecule has 0 bridgehead atoms. The topological polar surface area (TPSA) is 88.6 Å². The third kappa shape index (κ3) is 4.15. The van der Waals surface area contributed by atoms with E-state index in [1.165, 1.54) is 7.11 Å². The molecule has 1 aliphatic heterocycles. The van der Waals surface area contributed by atoms with E-state index >= 15 is 0 Å². The van der Waals surface area contributed by atoms with E-state index in [2.05, 4.69) is 6.07 Å². The quantitative estimate of drug-likeness (QED) is 0.619. The van der Waals surface area contributed by atoms with Crippen molar-refractivity contribution in [2.24, 2.45) is 5.73 Å². The molecule has 1 heterocycles. The first kappa shape index (κ1) is 23.0. The molecule has 0 saturated heterocycles. The summed E-state index contributed by atoms with van der Waals surface area (Å²) in [4.78, 5) is 14.7. The number of carbonyl (C=O) groups is 1. The van der Waals surface area contributed by atoms with Crippen LogP contribution in [0.4, 0.5) is 0 Å². The van der Waals surface area contributed by atoms with Gasteiger partial charge >= 0.3 is 0 Å². The zero-order valence-electron chi connectivity index (χ0n) is 18.3. The molecule has 2 aromatic rings. The Labute approximate surface area is 202 Å². The molecule has 2 N–H and O–H groups in total. The highest BCUT2D eigenvalue weighted by Crippen LogP contribution is 2.47. The molecule has 4 rings (SSSR count). The number of carbonyl (C=O) groups excluding carboxylic acids is 1. The van der Waals surface area contributed by atoms with Crippen molar-refractivity contribution >= 4 is 29.0 Å². The number of halogens is 2. The summed E-state index contributed by atoms with van der Waals surface area (Å²) >= 11 is 12.9. The number of rotatable bonds is 5. The summed E-state index contributed by atoms with van der Waals surface area (Å²) in [6.45, 7) is 0.202. The standard InChI is InChI=1S/C25H23Cl2N3O3/c1-30-19-8-5-9-20(31)23(19)22(16(12-28)25(30)29)15-10-18(27)24(21(11-15)32-2)33-13-14-6-3-4-7-17(14)26/h3-4,6-7,10-11,22H,5,8-9,13,29H2,1-2H3/t22-/m0/s1. The predicted molar refractivity (Wildman–Crippen MR) is 127 cm³/mol. The van der Waals surface area contributed by atoms with Gasteiger partial charge < -0.3 is 20.1 Å². The molecule has 2 aromatic carbocycles. The SMILES string of the molecule is COc1cc([C@H]2C(C#N)=C(N)N(C)C3=C2C(=O)CCC3)cc(Cl)c1OCc1ccccc1Cl. The summed E-state index contributed by atoms with van der Waals surface area (Å²) in [5.74, 6) is 0.491. The fourth-order valence-electron chi connectivity index (χ4n) is 4.41. The fourth-order valence-corrected chi connectivity index (χ4v) is 4.87. The Morgan fingerprint density at radius 3 is 2.67 bits per heavy atom. The van der Waals surface area contributed by atoms with Crippen molar-refractivity contribution in [2.45, 2.75) is 31.8 Å². The maximum absolute atomic E-state index is 13.0. The van der Waals surface area contributed by atoms with Gasteiger partial charge in [-0.25, -0.2) is 0 Å². The largest absolute Gasteiger partial charge is 0.493 e. The molecule has 0 unspecified atom stereocenters. The Balaban J connectivity index is 1.77. The number of hydrogen-bond acceptors (Lipinski definition) is 6. The molecule has 0 spiro atoms. The summed E-state index contributed by atoms with van der Waals surface area (Å²) < 4.78 is 11.5. The summed E-state index contributed by atoms with van der Waals surface area (Å²) in [6.07, 6.45) is 1.91. The van der Waals surface area contributed by atoms with Crippen molar-refractivity contribution in [2.75, 3.05) is 14.2 Å². The van der Waals surface area contributed by atoms with Gasteiger partial charge in [0.05, 0.1) is 29.7 Å². The molecule has 0 radical (unpaired) electrons. The van der Waals surface area contributed by atoms with Crippen LogP contribution in [0.5, 0.6) is 11.5 Å². The Hall–Kier alpha value is -3.14. The number of nitrogens with two attached hydrogens (primary N) is 1. The van der Waals surface area contributed by atoms with Crippen LogP contribution in [0.2, 0.25) is 10.0 Å². The van der Waals surface area contributed by atoms with Crippen LogP contribution in [-0.4, -0.2) is 24.8 Å². The van der Waals surface area contributed by atoms with Crippen molar-refractivity contribution in [1.29, 1.82) is 5.26 Å². The van der Waals surface area contributed by atoms with Gasteiger partial charge in [0.15, 0.2) is 17.3 Å². The number of Topliss-reactive ketones (excluding diaryl/α,β-unsaturated/α-hetero) is 1. The van der Waals surface area contributed by atoms with Crippen LogP contribution in [-0.2, 0) is 11.4 Å². The van der Waals surface area contributed by atoms with Gasteiger partial charge in [-0.3, -0.25) is 4.79 Å². The van der Waals surface area contributed by atoms with Crippen LogP contribution in [0.25, 0.3) is 0 Å². The van der Waals surface area contributed by atoms with Gasteiger partial charge in [-0.05, 0) is 36.6 Å². The van der Waals surface area contributed by atoms with Crippen LogP contribution >= 0.6 is 23.2 Å². The molecule has 2 aliphatic rings. The second kappa shape index (κ2) is 9.38. The van der Waals surface area contributed by atoms with E-state index in [9.17, 15) is 10.1 Å². The number of nitrogens with zero attached hydrogens (tertiary/aromatic N) is 2. The lowest BCUT2D eigenvalue weighted by Gasteiger charge is -2.37. The molecule has 1 aliphatic carbocycles. The fraction of sp³-hybridized carbons (Fsp3) is 0.280. The number of ether oxygens (including phenoxy) is 2. The second-order valence-electron chi connectivity index (χ2n) is 7.95. The average Bonchev–Trinajstić information content (AvgIpc) is 2.81. The van der Waals surface area contributed by atoms with Crippen LogP contribution in [0.3, 0.4) is 0 Å². The van der Waals surface area contributed by atoms with Crippen molar-refractivity contribution in [3.05, 3.63) is 80.2 Å². The van der Waals surface area contributed by atoms with Crippen LogP contribution in [0.15, 0.2) is 59.1 Å². The van der Waals surface area contributed by atoms with Gasteiger partial charge in [0.1, 0.15) is 12.4 Å². The summed E-state index contributed by atoms with van der Waals surface area (Å²) in [5, 5.41) is 10.8. The van der Waals surface area contributed by atoms with E-state index in [1.54, 1.807) is 30.1 Å². The Bertz CT molecular complexity index is 1230. The molecule has 0 fully saturated rings. The molecular formula is C25H23Cl2N3O3. The van der Waals surface area contributed by atoms with E-state index in [0.29, 0.717) is 50.5 Å². The van der Waals surface area contributed by atoms with Crippen LogP contribution < -0.4 is 15.2 Å². The number of benzene rings is 2. The Morgan fingerprint density at radius 1 is 1.21 bits per heavy atom. The zero-order valence-corrected chi connectivity index (χ0v) is 19.8. The molecule has 6 nitrogen and oxygen atoms in total. The first-order valence-electron chi connectivity index (χ1n) is 10.5. The highest BCUT2D eigenvalue weighted by Gasteiger charge is 2.39. The van der Waals surface area contributed by atoms with Gasteiger partial charge in [-0.1, -0.05) is 41.4 Å². The van der Waals surface area contributed by atoms with Crippen molar-refractivity contribution in [3.63, 3.8) is 0 Å². The van der Waals surface area contributed by atoms with Gasteiger partial charge in [0, 0.05) is 35.3 Å². The maximum Gasteiger partial charge on any atom is 0.180 e. The molecule has 0 amide bonds. The Morgan fingerprint density at radius 2 is 1.97 bits per heavy atom. The minimum Gasteiger partial charge on any atom is -0.493 e. The van der Waals surface area contributed by atoms with Crippen molar-refractivity contribution in [3.8, 4) is 17.6 Å². The number of nitriles is 1. The first-order valence-corrected chi connectivity index (χ1v) is 11.3. The predicted octanol–water partition coefficient (Wildman–Crippen LogP) is 5.31. The third-order valence-electron chi connectivity index (χ3n) is 6.08. The Kier molecular flexibility index (Phi) is 6.55. The van der Waals surface area contributed by atoms with Gasteiger partial charge in [-0.2, -0.15) is 5.26 Å². The maximum atomic E-state index is 13.0. The van der Waals surface area contributed by atoms with Crippen LogP contribution in [0, 0.1) is 11.3 Å². The monoisotopic (exact) mass is 483 g/mol. The normalized spacial score (nSPS) is 18.2. The number of hydrogen-bond donors (Lipinski definition) is 1. The van der Waals surface area contributed by atoms with E-state index in [4.69, 9.17) is 38.4 Å². The highest BCUT2D eigenvalue weighted by molar-refractivity contribution is 6.32. The third-order valence-corrected chi connectivity index (χ3v) is 6.73. The average molecular weight is 484 g/mol. The molecule has 170 valence electrons. The molecular weight excluding hydrogens is 461 g/mol. The van der Waals surface area contributed by atoms with Gasteiger partial charge in [0.2, 0.25) is 0 Å². The summed E-state index contributed by atoms with van der Waals surface area (Å²) in [6, 6.07) is 13.0. The van der Waals surface area contributed by atoms with Gasteiger partial charge in [-0.15, -0.1) is 0 Å². The number of ketones is 1. The zero-order chi connectivity index (χ0) is 23.7. The van der Waals surface area contributed by atoms with Crippen LogP contribution in [0.1, 0.15) is 36.3 Å².